The summed E-state index contributed by atoms with van der Waals surface area (Å²) in [4.78, 5) is 11.5. The topological polar surface area (TPSA) is 101 Å². The van der Waals surface area contributed by atoms with Crippen molar-refractivity contribution in [2.24, 2.45) is 11.7 Å². The van der Waals surface area contributed by atoms with Gasteiger partial charge in [0.2, 0.25) is 15.9 Å². The van der Waals surface area contributed by atoms with Gasteiger partial charge < -0.3 is 11.1 Å². The zero-order chi connectivity index (χ0) is 16.5. The molecule has 1 aliphatic rings. The monoisotopic (exact) mass is 365 g/mol. The minimum atomic E-state index is -3.92. The van der Waals surface area contributed by atoms with Gasteiger partial charge in [0.15, 0.2) is 0 Å². The molecule has 1 fully saturated rings. The summed E-state index contributed by atoms with van der Waals surface area (Å²) in [5, 5.41) is 2.55. The van der Waals surface area contributed by atoms with Crippen molar-refractivity contribution in [1.82, 2.24) is 4.72 Å². The van der Waals surface area contributed by atoms with E-state index in [1.54, 1.807) is 13.8 Å². The standard InChI is InChI=1S/C14H20FN3O3S.ClH/c1-8(9(2)16)14(19)17-11-5-6-12(15)13(7-11)22(20,21)18-10-3-4-10;/h5-10,18H,3-4,16H2,1-2H3,(H,17,19);1H. The molecule has 6 nitrogen and oxygen atoms in total. The number of nitrogens with one attached hydrogen (secondary N) is 2. The number of hydrogen-bond acceptors (Lipinski definition) is 4. The first kappa shape index (κ1) is 19.8. The van der Waals surface area contributed by atoms with Crippen LogP contribution in [0.3, 0.4) is 0 Å². The van der Waals surface area contributed by atoms with Gasteiger partial charge >= 0.3 is 0 Å². The number of nitrogens with two attached hydrogens (primary N) is 1. The zero-order valence-electron chi connectivity index (χ0n) is 12.9. The summed E-state index contributed by atoms with van der Waals surface area (Å²) >= 11 is 0. The maximum absolute atomic E-state index is 13.8. The smallest absolute Gasteiger partial charge is 0.243 e. The molecule has 1 aliphatic carbocycles. The van der Waals surface area contributed by atoms with Gasteiger partial charge in [-0.15, -0.1) is 12.4 Å². The summed E-state index contributed by atoms with van der Waals surface area (Å²) in [5.74, 6) is -1.65. The fourth-order valence-corrected chi connectivity index (χ4v) is 3.17. The van der Waals surface area contributed by atoms with Crippen molar-refractivity contribution >= 4 is 34.0 Å². The second-order valence-electron chi connectivity index (χ2n) is 5.68. The molecule has 23 heavy (non-hydrogen) atoms. The molecule has 0 saturated heterocycles. The lowest BCUT2D eigenvalue weighted by atomic mass is 10.0. The fourth-order valence-electron chi connectivity index (χ4n) is 1.77. The first-order valence-electron chi connectivity index (χ1n) is 7.09. The molecule has 0 bridgehead atoms. The van der Waals surface area contributed by atoms with Gasteiger partial charge in [0.25, 0.3) is 0 Å². The molecule has 1 saturated carbocycles. The Hall–Kier alpha value is -1.22. The van der Waals surface area contributed by atoms with Gasteiger partial charge in [-0.3, -0.25) is 4.79 Å². The van der Waals surface area contributed by atoms with Crippen LogP contribution in [0.25, 0.3) is 0 Å². The van der Waals surface area contributed by atoms with Crippen LogP contribution in [-0.4, -0.2) is 26.4 Å². The third kappa shape index (κ3) is 5.13. The molecule has 1 amide bonds. The third-order valence-corrected chi connectivity index (χ3v) is 5.13. The Kier molecular flexibility index (Phi) is 6.52. The van der Waals surface area contributed by atoms with E-state index in [1.165, 1.54) is 6.07 Å². The van der Waals surface area contributed by atoms with Gasteiger partial charge in [0.1, 0.15) is 10.7 Å². The van der Waals surface area contributed by atoms with Crippen LogP contribution in [0.2, 0.25) is 0 Å². The molecule has 1 aromatic rings. The average molecular weight is 366 g/mol. The maximum Gasteiger partial charge on any atom is 0.243 e. The molecule has 0 aliphatic heterocycles. The van der Waals surface area contributed by atoms with E-state index >= 15 is 0 Å². The quantitative estimate of drug-likeness (QED) is 0.712. The molecular formula is C14H21ClFN3O3S. The predicted molar refractivity (Wildman–Crippen MR) is 88.4 cm³/mol. The van der Waals surface area contributed by atoms with Crippen molar-refractivity contribution in [1.29, 1.82) is 0 Å². The number of sulfonamides is 1. The highest BCUT2D eigenvalue weighted by Crippen LogP contribution is 2.25. The number of carbonyl (C=O) groups excluding carboxylic acids is 1. The average Bonchev–Trinajstić information content (AvgIpc) is 3.22. The van der Waals surface area contributed by atoms with Gasteiger partial charge in [0, 0.05) is 17.8 Å². The van der Waals surface area contributed by atoms with Gasteiger partial charge in [-0.2, -0.15) is 0 Å². The molecule has 9 heteroatoms. The van der Waals surface area contributed by atoms with Crippen LogP contribution in [0, 0.1) is 11.7 Å². The van der Waals surface area contributed by atoms with Crippen molar-refractivity contribution in [3.63, 3.8) is 0 Å². The van der Waals surface area contributed by atoms with Gasteiger partial charge in [-0.25, -0.2) is 17.5 Å². The Labute approximate surface area is 141 Å². The third-order valence-electron chi connectivity index (χ3n) is 3.59. The van der Waals surface area contributed by atoms with Crippen molar-refractivity contribution in [2.75, 3.05) is 5.32 Å². The largest absolute Gasteiger partial charge is 0.327 e. The minimum absolute atomic E-state index is 0. The molecule has 130 valence electrons. The summed E-state index contributed by atoms with van der Waals surface area (Å²) in [5.41, 5.74) is 5.87. The van der Waals surface area contributed by atoms with E-state index in [0.29, 0.717) is 0 Å². The molecule has 2 atom stereocenters. The highest BCUT2D eigenvalue weighted by molar-refractivity contribution is 7.89. The molecule has 2 unspecified atom stereocenters. The number of amides is 1. The molecule has 0 heterocycles. The fraction of sp³-hybridized carbons (Fsp3) is 0.500. The normalized spacial score (nSPS) is 17.0. The molecule has 2 rings (SSSR count). The lowest BCUT2D eigenvalue weighted by molar-refractivity contribution is -0.119. The van der Waals surface area contributed by atoms with Crippen LogP contribution in [0.4, 0.5) is 10.1 Å². The lowest BCUT2D eigenvalue weighted by Crippen LogP contribution is -2.34. The van der Waals surface area contributed by atoms with E-state index in [1.807, 2.05) is 0 Å². The second kappa shape index (κ2) is 7.57. The first-order valence-corrected chi connectivity index (χ1v) is 8.57. The van der Waals surface area contributed by atoms with Crippen LogP contribution in [0.15, 0.2) is 23.1 Å². The summed E-state index contributed by atoms with van der Waals surface area (Å²) in [6, 6.07) is 2.98. The van der Waals surface area contributed by atoms with Crippen molar-refractivity contribution in [3.05, 3.63) is 24.0 Å². The summed E-state index contributed by atoms with van der Waals surface area (Å²) in [7, 11) is -3.92. The number of halogens is 2. The van der Waals surface area contributed by atoms with Crippen LogP contribution in [0.5, 0.6) is 0 Å². The molecule has 4 N–H and O–H groups in total. The summed E-state index contributed by atoms with van der Waals surface area (Å²) < 4.78 is 40.4. The van der Waals surface area contributed by atoms with Crippen LogP contribution < -0.4 is 15.8 Å². The van der Waals surface area contributed by atoms with Crippen molar-refractivity contribution in [2.45, 2.75) is 43.7 Å². The first-order chi connectivity index (χ1) is 10.2. The summed E-state index contributed by atoms with van der Waals surface area (Å²) in [6.45, 7) is 3.36. The number of rotatable bonds is 6. The second-order valence-corrected chi connectivity index (χ2v) is 7.36. The van der Waals surface area contributed by atoms with Crippen LogP contribution in [0.1, 0.15) is 26.7 Å². The Bertz CT molecular complexity index is 678. The van der Waals surface area contributed by atoms with E-state index in [2.05, 4.69) is 10.0 Å². The van der Waals surface area contributed by atoms with Gasteiger partial charge in [-0.1, -0.05) is 6.92 Å². The number of benzene rings is 1. The Morgan fingerprint density at radius 3 is 2.48 bits per heavy atom. The molecular weight excluding hydrogens is 345 g/mol. The summed E-state index contributed by atoms with van der Waals surface area (Å²) in [6.07, 6.45) is 1.51. The Morgan fingerprint density at radius 2 is 1.96 bits per heavy atom. The van der Waals surface area contributed by atoms with Crippen LogP contribution >= 0.6 is 12.4 Å². The number of hydrogen-bond donors (Lipinski definition) is 3. The van der Waals surface area contributed by atoms with Crippen LogP contribution in [-0.2, 0) is 14.8 Å². The van der Waals surface area contributed by atoms with E-state index < -0.39 is 26.7 Å². The Balaban J connectivity index is 0.00000264. The van der Waals surface area contributed by atoms with Gasteiger partial charge in [0.05, 0.1) is 5.92 Å². The highest BCUT2D eigenvalue weighted by Gasteiger charge is 2.30. The maximum atomic E-state index is 13.8. The number of carbonyl (C=O) groups is 1. The molecule has 0 spiro atoms. The van der Waals surface area contributed by atoms with E-state index in [4.69, 9.17) is 5.73 Å². The minimum Gasteiger partial charge on any atom is -0.327 e. The number of anilines is 1. The van der Waals surface area contributed by atoms with Gasteiger partial charge in [-0.05, 0) is 38.0 Å². The van der Waals surface area contributed by atoms with E-state index in [-0.39, 0.29) is 36.1 Å². The SMILES string of the molecule is CC(N)C(C)C(=O)Nc1ccc(F)c(S(=O)(=O)NC2CC2)c1.Cl. The molecule has 1 aromatic carbocycles. The predicted octanol–water partition coefficient (Wildman–Crippen LogP) is 1.61. The van der Waals surface area contributed by atoms with Crippen molar-refractivity contribution < 1.29 is 17.6 Å². The van der Waals surface area contributed by atoms with E-state index in [9.17, 15) is 17.6 Å². The lowest BCUT2D eigenvalue weighted by Gasteiger charge is -2.16. The zero-order valence-corrected chi connectivity index (χ0v) is 14.5. The Morgan fingerprint density at radius 1 is 1.35 bits per heavy atom. The molecule has 0 radical (unpaired) electrons. The van der Waals surface area contributed by atoms with Crippen molar-refractivity contribution in [3.8, 4) is 0 Å². The molecule has 0 aromatic heterocycles. The highest BCUT2D eigenvalue weighted by atomic mass is 35.5. The van der Waals surface area contributed by atoms with E-state index in [0.717, 1.165) is 25.0 Å².